The molecule has 1 amide bonds. The maximum Gasteiger partial charge on any atom is 0.254 e. The molecular formula is C13H21ClN2O. The van der Waals surface area contributed by atoms with Crippen molar-refractivity contribution in [2.24, 2.45) is 0 Å². The van der Waals surface area contributed by atoms with E-state index in [0.717, 1.165) is 29.8 Å². The van der Waals surface area contributed by atoms with Crippen LogP contribution < -0.4 is 5.32 Å². The normalized spacial score (nSPS) is 9.65. The van der Waals surface area contributed by atoms with Crippen molar-refractivity contribution in [2.45, 2.75) is 13.8 Å². The molecule has 1 N–H and O–H groups in total. The standard InChI is InChI=1S/C13H20N2O.ClH/c1-10-6-5-7-11(2)12(10)13(16)15(4)9-8-14-3;/h5-7,14H,8-9H2,1-4H3;1H. The topological polar surface area (TPSA) is 32.3 Å². The van der Waals surface area contributed by atoms with Crippen molar-refractivity contribution in [3.63, 3.8) is 0 Å². The first-order valence-electron chi connectivity index (χ1n) is 5.54. The zero-order valence-corrected chi connectivity index (χ0v) is 11.7. The molecule has 0 aliphatic heterocycles. The van der Waals surface area contributed by atoms with Crippen molar-refractivity contribution in [3.05, 3.63) is 34.9 Å². The number of rotatable bonds is 4. The van der Waals surface area contributed by atoms with Gasteiger partial charge in [0.25, 0.3) is 5.91 Å². The summed E-state index contributed by atoms with van der Waals surface area (Å²) >= 11 is 0. The molecule has 0 spiro atoms. The lowest BCUT2D eigenvalue weighted by Gasteiger charge is -2.19. The monoisotopic (exact) mass is 256 g/mol. The fourth-order valence-corrected chi connectivity index (χ4v) is 1.72. The Kier molecular flexibility index (Phi) is 6.85. The number of benzene rings is 1. The largest absolute Gasteiger partial charge is 0.340 e. The molecule has 0 saturated carbocycles. The average molecular weight is 257 g/mol. The second kappa shape index (κ2) is 7.30. The van der Waals surface area contributed by atoms with Crippen LogP contribution >= 0.6 is 12.4 Å². The Bertz CT molecular complexity index is 359. The van der Waals surface area contributed by atoms with Gasteiger partial charge in [0.2, 0.25) is 0 Å². The first-order valence-corrected chi connectivity index (χ1v) is 5.54. The molecule has 1 rings (SSSR count). The highest BCUT2D eigenvalue weighted by molar-refractivity contribution is 5.96. The van der Waals surface area contributed by atoms with Crippen LogP contribution in [0.5, 0.6) is 0 Å². The highest BCUT2D eigenvalue weighted by Crippen LogP contribution is 2.14. The molecule has 0 fully saturated rings. The van der Waals surface area contributed by atoms with Gasteiger partial charge in [-0.15, -0.1) is 12.4 Å². The quantitative estimate of drug-likeness (QED) is 0.894. The molecular weight excluding hydrogens is 236 g/mol. The molecule has 3 nitrogen and oxygen atoms in total. The van der Waals surface area contributed by atoms with E-state index in [1.165, 1.54) is 0 Å². The van der Waals surface area contributed by atoms with Gasteiger partial charge in [-0.3, -0.25) is 4.79 Å². The van der Waals surface area contributed by atoms with E-state index in [1.54, 1.807) is 4.90 Å². The van der Waals surface area contributed by atoms with Gasteiger partial charge in [-0.25, -0.2) is 0 Å². The van der Waals surface area contributed by atoms with Gasteiger partial charge in [0.05, 0.1) is 0 Å². The fraction of sp³-hybridized carbons (Fsp3) is 0.462. The second-order valence-electron chi connectivity index (χ2n) is 4.10. The highest BCUT2D eigenvalue weighted by atomic mass is 35.5. The van der Waals surface area contributed by atoms with Gasteiger partial charge in [-0.1, -0.05) is 18.2 Å². The van der Waals surface area contributed by atoms with Crippen LogP contribution in [0.2, 0.25) is 0 Å². The predicted molar refractivity (Wildman–Crippen MR) is 74.1 cm³/mol. The van der Waals surface area contributed by atoms with E-state index in [-0.39, 0.29) is 18.3 Å². The molecule has 0 bridgehead atoms. The van der Waals surface area contributed by atoms with Crippen LogP contribution in [0.15, 0.2) is 18.2 Å². The van der Waals surface area contributed by atoms with Crippen LogP contribution in [0.25, 0.3) is 0 Å². The number of hydrogen-bond acceptors (Lipinski definition) is 2. The Hall–Kier alpha value is -1.06. The lowest BCUT2D eigenvalue weighted by molar-refractivity contribution is 0.0795. The zero-order chi connectivity index (χ0) is 12.1. The van der Waals surface area contributed by atoms with Gasteiger partial charge >= 0.3 is 0 Å². The molecule has 17 heavy (non-hydrogen) atoms. The number of halogens is 1. The molecule has 96 valence electrons. The van der Waals surface area contributed by atoms with E-state index in [9.17, 15) is 4.79 Å². The zero-order valence-electron chi connectivity index (χ0n) is 10.9. The lowest BCUT2D eigenvalue weighted by Crippen LogP contribution is -2.33. The number of hydrogen-bond donors (Lipinski definition) is 1. The molecule has 1 aromatic carbocycles. The molecule has 0 radical (unpaired) electrons. The minimum atomic E-state index is 0. The fourth-order valence-electron chi connectivity index (χ4n) is 1.72. The third-order valence-electron chi connectivity index (χ3n) is 2.74. The highest BCUT2D eigenvalue weighted by Gasteiger charge is 2.15. The SMILES string of the molecule is CNCCN(C)C(=O)c1c(C)cccc1C.Cl. The number of nitrogens with one attached hydrogen (secondary N) is 1. The third kappa shape index (κ3) is 4.02. The molecule has 0 atom stereocenters. The molecule has 0 saturated heterocycles. The van der Waals surface area contributed by atoms with E-state index in [1.807, 2.05) is 46.1 Å². The molecule has 0 unspecified atom stereocenters. The summed E-state index contributed by atoms with van der Waals surface area (Å²) in [6, 6.07) is 5.94. The number of aryl methyl sites for hydroxylation is 2. The van der Waals surface area contributed by atoms with Gasteiger partial charge < -0.3 is 10.2 Å². The lowest BCUT2D eigenvalue weighted by atomic mass is 10.0. The average Bonchev–Trinajstić information content (AvgIpc) is 2.25. The summed E-state index contributed by atoms with van der Waals surface area (Å²) in [5, 5.41) is 3.04. The summed E-state index contributed by atoms with van der Waals surface area (Å²) in [7, 11) is 3.73. The smallest absolute Gasteiger partial charge is 0.254 e. The number of carbonyl (C=O) groups excluding carboxylic acids is 1. The number of carbonyl (C=O) groups is 1. The van der Waals surface area contributed by atoms with Crippen LogP contribution in [-0.2, 0) is 0 Å². The van der Waals surface area contributed by atoms with Gasteiger partial charge in [0, 0.05) is 25.7 Å². The predicted octanol–water partition coefficient (Wildman–Crippen LogP) is 2.02. The minimum absolute atomic E-state index is 0. The van der Waals surface area contributed by atoms with Crippen LogP contribution in [-0.4, -0.2) is 38.0 Å². The Balaban J connectivity index is 0.00000256. The van der Waals surface area contributed by atoms with Crippen molar-refractivity contribution in [2.75, 3.05) is 27.2 Å². The molecule has 0 aliphatic carbocycles. The number of nitrogens with zero attached hydrogens (tertiary/aromatic N) is 1. The molecule has 0 aliphatic rings. The molecule has 0 heterocycles. The summed E-state index contributed by atoms with van der Waals surface area (Å²) in [4.78, 5) is 13.9. The van der Waals surface area contributed by atoms with E-state index >= 15 is 0 Å². The number of likely N-dealkylation sites (N-methyl/N-ethyl adjacent to an activating group) is 2. The molecule has 4 heteroatoms. The van der Waals surface area contributed by atoms with Crippen LogP contribution in [0.4, 0.5) is 0 Å². The van der Waals surface area contributed by atoms with Gasteiger partial charge in [-0.05, 0) is 32.0 Å². The number of amides is 1. The van der Waals surface area contributed by atoms with Crippen LogP contribution in [0.3, 0.4) is 0 Å². The van der Waals surface area contributed by atoms with Gasteiger partial charge in [0.1, 0.15) is 0 Å². The molecule has 1 aromatic rings. The van der Waals surface area contributed by atoms with E-state index in [4.69, 9.17) is 0 Å². The maximum absolute atomic E-state index is 12.2. The van der Waals surface area contributed by atoms with Gasteiger partial charge in [-0.2, -0.15) is 0 Å². The summed E-state index contributed by atoms with van der Waals surface area (Å²) in [5.74, 6) is 0.103. The van der Waals surface area contributed by atoms with Crippen molar-refractivity contribution in [3.8, 4) is 0 Å². The Morgan fingerprint density at radius 3 is 2.29 bits per heavy atom. The summed E-state index contributed by atoms with van der Waals surface area (Å²) < 4.78 is 0. The van der Waals surface area contributed by atoms with Crippen LogP contribution in [0, 0.1) is 13.8 Å². The first kappa shape index (κ1) is 15.9. The summed E-state index contributed by atoms with van der Waals surface area (Å²) in [5.41, 5.74) is 2.92. The Morgan fingerprint density at radius 1 is 1.29 bits per heavy atom. The van der Waals surface area contributed by atoms with Crippen molar-refractivity contribution < 1.29 is 4.79 Å². The van der Waals surface area contributed by atoms with Crippen molar-refractivity contribution in [1.82, 2.24) is 10.2 Å². The van der Waals surface area contributed by atoms with E-state index in [2.05, 4.69) is 5.32 Å². The van der Waals surface area contributed by atoms with Gasteiger partial charge in [0.15, 0.2) is 0 Å². The minimum Gasteiger partial charge on any atom is -0.340 e. The van der Waals surface area contributed by atoms with Crippen LogP contribution in [0.1, 0.15) is 21.5 Å². The molecule has 0 aromatic heterocycles. The van der Waals surface area contributed by atoms with E-state index in [0.29, 0.717) is 0 Å². The van der Waals surface area contributed by atoms with Crippen molar-refractivity contribution in [1.29, 1.82) is 0 Å². The Labute approximate surface area is 110 Å². The summed E-state index contributed by atoms with van der Waals surface area (Å²) in [6.07, 6.45) is 0. The third-order valence-corrected chi connectivity index (χ3v) is 2.74. The van der Waals surface area contributed by atoms with Crippen molar-refractivity contribution >= 4 is 18.3 Å². The maximum atomic E-state index is 12.2. The Morgan fingerprint density at radius 2 is 1.82 bits per heavy atom. The summed E-state index contributed by atoms with van der Waals surface area (Å²) in [6.45, 7) is 5.49. The van der Waals surface area contributed by atoms with E-state index < -0.39 is 0 Å². The first-order chi connectivity index (χ1) is 7.57. The second-order valence-corrected chi connectivity index (χ2v) is 4.10.